The second-order valence-electron chi connectivity index (χ2n) is 6.48. The molecule has 0 N–H and O–H groups in total. The Morgan fingerprint density at radius 2 is 2.12 bits per heavy atom. The Labute approximate surface area is 152 Å². The molecule has 0 unspecified atom stereocenters. The van der Waals surface area contributed by atoms with Gasteiger partial charge in [-0.15, -0.1) is 0 Å². The number of rotatable bonds is 4. The van der Waals surface area contributed by atoms with Gasteiger partial charge >= 0.3 is 0 Å². The third-order valence-corrected chi connectivity index (χ3v) is 4.86. The van der Waals surface area contributed by atoms with Crippen molar-refractivity contribution in [2.75, 3.05) is 7.05 Å². The number of benzene rings is 1. The second kappa shape index (κ2) is 6.63. The molecule has 132 valence electrons. The molecule has 3 aromatic rings. The molecule has 4 rings (SSSR count). The van der Waals surface area contributed by atoms with E-state index in [9.17, 15) is 4.79 Å². The molecule has 1 aliphatic rings. The van der Waals surface area contributed by atoms with Crippen LogP contribution in [0.5, 0.6) is 5.75 Å². The van der Waals surface area contributed by atoms with Gasteiger partial charge in [-0.2, -0.15) is 0 Å². The Balaban J connectivity index is 1.51. The van der Waals surface area contributed by atoms with Crippen LogP contribution in [0.2, 0.25) is 0 Å². The van der Waals surface area contributed by atoms with E-state index in [2.05, 4.69) is 16.0 Å². The van der Waals surface area contributed by atoms with Gasteiger partial charge in [-0.1, -0.05) is 24.3 Å². The zero-order valence-corrected chi connectivity index (χ0v) is 14.7. The molecular weight excluding hydrogens is 328 g/mol. The number of carbonyl (C=O) groups is 1. The number of amides is 1. The molecule has 0 saturated carbocycles. The Morgan fingerprint density at radius 1 is 1.27 bits per heavy atom. The highest BCUT2D eigenvalue weighted by Gasteiger charge is 2.32. The summed E-state index contributed by atoms with van der Waals surface area (Å²) in [4.78, 5) is 23.1. The van der Waals surface area contributed by atoms with Crippen LogP contribution in [-0.2, 0) is 6.42 Å². The molecule has 0 aliphatic carbocycles. The number of hydrogen-bond acceptors (Lipinski definition) is 4. The molecule has 0 fully saturated rings. The molecule has 2 aromatic heterocycles. The average Bonchev–Trinajstić information content (AvgIpc) is 3.36. The van der Waals surface area contributed by atoms with Crippen LogP contribution in [0.25, 0.3) is 5.82 Å². The van der Waals surface area contributed by atoms with Crippen molar-refractivity contribution in [1.82, 2.24) is 19.4 Å². The van der Waals surface area contributed by atoms with E-state index in [0.717, 1.165) is 12.2 Å². The van der Waals surface area contributed by atoms with Gasteiger partial charge in [-0.25, -0.2) is 9.97 Å². The molecule has 6 heteroatoms. The quantitative estimate of drug-likeness (QED) is 0.727. The molecule has 2 atom stereocenters. The van der Waals surface area contributed by atoms with Crippen LogP contribution < -0.4 is 4.74 Å². The highest BCUT2D eigenvalue weighted by molar-refractivity contribution is 5.92. The summed E-state index contributed by atoms with van der Waals surface area (Å²) < 4.78 is 7.81. The topological polar surface area (TPSA) is 60.2 Å². The molecule has 0 spiro atoms. The maximum Gasteiger partial charge on any atom is 0.272 e. The summed E-state index contributed by atoms with van der Waals surface area (Å²) in [6.07, 6.45) is 5.88. The first-order chi connectivity index (χ1) is 12.6. The number of likely N-dealkylation sites (N-methyl/N-ethyl adjacent to an activating group) is 1. The Kier molecular flexibility index (Phi) is 4.16. The first-order valence-electron chi connectivity index (χ1n) is 8.60. The fourth-order valence-corrected chi connectivity index (χ4v) is 3.17. The maximum atomic E-state index is 12.9. The highest BCUT2D eigenvalue weighted by atomic mass is 16.5. The van der Waals surface area contributed by atoms with E-state index >= 15 is 0 Å². The van der Waals surface area contributed by atoms with Gasteiger partial charge in [0.2, 0.25) is 0 Å². The number of hydrogen-bond donors (Lipinski definition) is 0. The zero-order valence-electron chi connectivity index (χ0n) is 14.7. The number of fused-ring (bicyclic) bond motifs is 1. The Hall–Kier alpha value is -3.15. The summed E-state index contributed by atoms with van der Waals surface area (Å²) in [6.45, 7) is 2.01. The average molecular weight is 348 g/mol. The van der Waals surface area contributed by atoms with Crippen LogP contribution in [0.1, 0.15) is 23.0 Å². The van der Waals surface area contributed by atoms with Crippen LogP contribution >= 0.6 is 0 Å². The van der Waals surface area contributed by atoms with Crippen LogP contribution in [0.15, 0.2) is 61.2 Å². The van der Waals surface area contributed by atoms with Crippen molar-refractivity contribution < 1.29 is 9.53 Å². The van der Waals surface area contributed by atoms with Crippen LogP contribution in [0, 0.1) is 0 Å². The van der Waals surface area contributed by atoms with E-state index in [1.54, 1.807) is 41.3 Å². The minimum atomic E-state index is -0.126. The third kappa shape index (κ3) is 2.94. The van der Waals surface area contributed by atoms with Crippen LogP contribution in [0.4, 0.5) is 0 Å². The molecule has 26 heavy (non-hydrogen) atoms. The lowest BCUT2D eigenvalue weighted by Crippen LogP contribution is -2.44. The molecular formula is C20H20N4O2. The molecule has 0 saturated heterocycles. The lowest BCUT2D eigenvalue weighted by atomic mass is 10.0. The van der Waals surface area contributed by atoms with Crippen molar-refractivity contribution in [1.29, 1.82) is 0 Å². The lowest BCUT2D eigenvalue weighted by molar-refractivity contribution is 0.0592. The molecule has 1 aliphatic heterocycles. The Bertz CT molecular complexity index is 898. The second-order valence-corrected chi connectivity index (χ2v) is 6.48. The fraction of sp³-hybridized carbons (Fsp3) is 0.250. The summed E-state index contributed by atoms with van der Waals surface area (Å²) in [5.41, 5.74) is 1.59. The van der Waals surface area contributed by atoms with E-state index < -0.39 is 0 Å². The predicted molar refractivity (Wildman–Crippen MR) is 97.5 cm³/mol. The SMILES string of the molecule is C[C@@H]([C@H]1Cc2ccccc2O1)N(C)C(=O)c1cccc(-n2ccnc2)n1. The highest BCUT2D eigenvalue weighted by Crippen LogP contribution is 2.30. The number of nitrogens with zero attached hydrogens (tertiary/aromatic N) is 4. The van der Waals surface area contributed by atoms with E-state index in [4.69, 9.17) is 4.74 Å². The van der Waals surface area contributed by atoms with Crippen molar-refractivity contribution in [3.63, 3.8) is 0 Å². The largest absolute Gasteiger partial charge is 0.488 e. The summed E-state index contributed by atoms with van der Waals surface area (Å²) in [5, 5.41) is 0. The van der Waals surface area contributed by atoms with Gasteiger partial charge in [0.05, 0.1) is 6.04 Å². The van der Waals surface area contributed by atoms with Crippen molar-refractivity contribution in [3.05, 3.63) is 72.4 Å². The summed E-state index contributed by atoms with van der Waals surface area (Å²) in [5.74, 6) is 1.45. The number of pyridine rings is 1. The molecule has 3 heterocycles. The fourth-order valence-electron chi connectivity index (χ4n) is 3.17. The zero-order chi connectivity index (χ0) is 18.1. The van der Waals surface area contributed by atoms with Crippen LogP contribution in [0.3, 0.4) is 0 Å². The van der Waals surface area contributed by atoms with Gasteiger partial charge < -0.3 is 9.64 Å². The number of imidazole rings is 1. The van der Waals surface area contributed by atoms with Gasteiger partial charge in [0.1, 0.15) is 29.7 Å². The minimum Gasteiger partial charge on any atom is -0.488 e. The summed E-state index contributed by atoms with van der Waals surface area (Å²) in [6, 6.07) is 13.3. The first kappa shape index (κ1) is 16.3. The summed E-state index contributed by atoms with van der Waals surface area (Å²) in [7, 11) is 1.80. The van der Waals surface area contributed by atoms with Crippen molar-refractivity contribution in [2.24, 2.45) is 0 Å². The normalized spacial score (nSPS) is 16.6. The van der Waals surface area contributed by atoms with Gasteiger partial charge in [0.25, 0.3) is 5.91 Å². The standard InChI is InChI=1S/C20H20N4O2/c1-14(18-12-15-6-3-4-8-17(15)26-18)23(2)20(25)16-7-5-9-19(22-16)24-11-10-21-13-24/h3-11,13-14,18H,12H2,1-2H3/t14-,18+/m0/s1. The predicted octanol–water partition coefficient (Wildman–Crippen LogP) is 2.73. The van der Waals surface area contributed by atoms with E-state index in [-0.39, 0.29) is 18.1 Å². The van der Waals surface area contributed by atoms with Crippen molar-refractivity contribution >= 4 is 5.91 Å². The summed E-state index contributed by atoms with van der Waals surface area (Å²) >= 11 is 0. The lowest BCUT2D eigenvalue weighted by Gasteiger charge is -2.29. The number of aromatic nitrogens is 3. The van der Waals surface area contributed by atoms with Crippen LogP contribution in [-0.4, -0.2) is 44.5 Å². The molecule has 0 radical (unpaired) electrons. The first-order valence-corrected chi connectivity index (χ1v) is 8.60. The monoisotopic (exact) mass is 348 g/mol. The van der Waals surface area contributed by atoms with Gasteiger partial charge in [0.15, 0.2) is 0 Å². The third-order valence-electron chi connectivity index (χ3n) is 4.86. The van der Waals surface area contributed by atoms with E-state index in [1.807, 2.05) is 37.3 Å². The number of carbonyl (C=O) groups excluding carboxylic acids is 1. The van der Waals surface area contributed by atoms with Crippen molar-refractivity contribution in [3.8, 4) is 11.6 Å². The van der Waals surface area contributed by atoms with E-state index in [1.165, 1.54) is 5.56 Å². The number of ether oxygens (including phenoxy) is 1. The smallest absolute Gasteiger partial charge is 0.272 e. The van der Waals surface area contributed by atoms with Gasteiger partial charge in [0, 0.05) is 25.9 Å². The minimum absolute atomic E-state index is 0.0572. The van der Waals surface area contributed by atoms with E-state index in [0.29, 0.717) is 11.5 Å². The van der Waals surface area contributed by atoms with Crippen molar-refractivity contribution in [2.45, 2.75) is 25.5 Å². The maximum absolute atomic E-state index is 12.9. The van der Waals surface area contributed by atoms with Gasteiger partial charge in [-0.3, -0.25) is 9.36 Å². The molecule has 6 nitrogen and oxygen atoms in total. The number of para-hydroxylation sites is 1. The Morgan fingerprint density at radius 3 is 2.88 bits per heavy atom. The molecule has 1 aromatic carbocycles. The molecule has 0 bridgehead atoms. The van der Waals surface area contributed by atoms with Gasteiger partial charge in [-0.05, 0) is 30.7 Å². The molecule has 1 amide bonds.